The Bertz CT molecular complexity index is 142. The topological polar surface area (TPSA) is 38.3 Å². The van der Waals surface area contributed by atoms with Crippen LogP contribution in [-0.2, 0) is 9.53 Å². The molecule has 0 aliphatic carbocycles. The summed E-state index contributed by atoms with van der Waals surface area (Å²) in [7, 11) is 1.53. The number of rotatable bonds is 1. The fraction of sp³-hybridized carbons (Fsp3) is 0.500. The van der Waals surface area contributed by atoms with Gasteiger partial charge in [-0.05, 0) is 6.20 Å². The molecule has 50 valence electrons. The van der Waals surface area contributed by atoms with Gasteiger partial charge in [-0.1, -0.05) is 6.08 Å². The van der Waals surface area contributed by atoms with Gasteiger partial charge in [0.15, 0.2) is 0 Å². The number of methoxy groups -OCH3 is 1. The zero-order chi connectivity index (χ0) is 6.69. The van der Waals surface area contributed by atoms with E-state index >= 15 is 0 Å². The number of carbonyl (C=O) groups excluding carboxylic acids is 1. The normalized spacial score (nSPS) is 25.9. The maximum Gasteiger partial charge on any atom is 0.253 e. The van der Waals surface area contributed by atoms with E-state index < -0.39 is 0 Å². The first kappa shape index (κ1) is 6.29. The third kappa shape index (κ3) is 1.29. The van der Waals surface area contributed by atoms with E-state index in [9.17, 15) is 4.79 Å². The molecule has 1 rings (SSSR count). The monoisotopic (exact) mass is 127 g/mol. The summed E-state index contributed by atoms with van der Waals surface area (Å²) in [6.45, 7) is 0. The minimum atomic E-state index is -0.282. The van der Waals surface area contributed by atoms with Gasteiger partial charge in [-0.15, -0.1) is 0 Å². The first-order chi connectivity index (χ1) is 4.34. The summed E-state index contributed by atoms with van der Waals surface area (Å²) >= 11 is 0. The van der Waals surface area contributed by atoms with E-state index in [2.05, 4.69) is 5.32 Å². The largest absolute Gasteiger partial charge is 0.371 e. The lowest BCUT2D eigenvalue weighted by molar-refractivity contribution is -0.130. The molecule has 0 aromatic heterocycles. The minimum Gasteiger partial charge on any atom is -0.371 e. The van der Waals surface area contributed by atoms with Crippen molar-refractivity contribution in [2.75, 3.05) is 7.11 Å². The zero-order valence-electron chi connectivity index (χ0n) is 5.26. The molecule has 0 bridgehead atoms. The van der Waals surface area contributed by atoms with Crippen LogP contribution in [0.1, 0.15) is 6.42 Å². The average Bonchev–Trinajstić information content (AvgIpc) is 1.89. The van der Waals surface area contributed by atoms with Crippen molar-refractivity contribution in [3.63, 3.8) is 0 Å². The highest BCUT2D eigenvalue weighted by atomic mass is 16.5. The van der Waals surface area contributed by atoms with E-state index in [4.69, 9.17) is 4.74 Å². The van der Waals surface area contributed by atoms with E-state index in [1.807, 2.05) is 6.08 Å². The van der Waals surface area contributed by atoms with Crippen LogP contribution in [0.15, 0.2) is 12.3 Å². The number of ether oxygens (including phenoxy) is 1. The maximum atomic E-state index is 10.7. The Morgan fingerprint density at radius 2 is 2.67 bits per heavy atom. The summed E-state index contributed by atoms with van der Waals surface area (Å²) in [4.78, 5) is 10.7. The lowest BCUT2D eigenvalue weighted by Gasteiger charge is -2.14. The number of amides is 1. The highest BCUT2D eigenvalue weighted by Crippen LogP contribution is 2.01. The Morgan fingerprint density at radius 1 is 1.89 bits per heavy atom. The molecule has 0 aromatic carbocycles. The van der Waals surface area contributed by atoms with Crippen molar-refractivity contribution in [3.05, 3.63) is 12.3 Å². The fourth-order valence-electron chi connectivity index (χ4n) is 0.736. The predicted molar refractivity (Wildman–Crippen MR) is 32.7 cm³/mol. The molecule has 0 radical (unpaired) electrons. The van der Waals surface area contributed by atoms with E-state index in [-0.39, 0.29) is 12.0 Å². The molecular formula is C6H9NO2. The first-order valence-electron chi connectivity index (χ1n) is 2.83. The van der Waals surface area contributed by atoms with Crippen molar-refractivity contribution >= 4 is 5.91 Å². The number of nitrogens with one attached hydrogen (secondary N) is 1. The van der Waals surface area contributed by atoms with Crippen molar-refractivity contribution in [2.45, 2.75) is 12.5 Å². The van der Waals surface area contributed by atoms with Crippen LogP contribution in [0.2, 0.25) is 0 Å². The summed E-state index contributed by atoms with van der Waals surface area (Å²) in [6.07, 6.45) is 3.91. The van der Waals surface area contributed by atoms with Crippen LogP contribution in [-0.4, -0.2) is 19.1 Å². The predicted octanol–water partition coefficient (Wildman–Crippen LogP) is 0.0350. The van der Waals surface area contributed by atoms with Gasteiger partial charge in [-0.25, -0.2) is 0 Å². The Labute approximate surface area is 53.7 Å². The summed E-state index contributed by atoms with van der Waals surface area (Å²) in [6, 6.07) is 0. The average molecular weight is 127 g/mol. The molecule has 1 aliphatic heterocycles. The minimum absolute atomic E-state index is 0.0556. The molecule has 1 aliphatic rings. The summed E-state index contributed by atoms with van der Waals surface area (Å²) < 4.78 is 4.84. The Morgan fingerprint density at radius 3 is 3.11 bits per heavy atom. The maximum absolute atomic E-state index is 10.7. The van der Waals surface area contributed by atoms with Crippen LogP contribution in [0.25, 0.3) is 0 Å². The Balaban J connectivity index is 2.53. The van der Waals surface area contributed by atoms with Gasteiger partial charge >= 0.3 is 0 Å². The Hall–Kier alpha value is -0.830. The fourth-order valence-corrected chi connectivity index (χ4v) is 0.736. The highest BCUT2D eigenvalue weighted by Gasteiger charge is 2.16. The lowest BCUT2D eigenvalue weighted by Crippen LogP contribution is -2.34. The van der Waals surface area contributed by atoms with Crippen molar-refractivity contribution in [3.8, 4) is 0 Å². The number of carbonyl (C=O) groups is 1. The lowest BCUT2D eigenvalue weighted by atomic mass is 10.2. The molecule has 0 saturated heterocycles. The van der Waals surface area contributed by atoms with Gasteiger partial charge < -0.3 is 10.1 Å². The van der Waals surface area contributed by atoms with E-state index in [0.29, 0.717) is 6.42 Å². The summed E-state index contributed by atoms with van der Waals surface area (Å²) in [5.41, 5.74) is 0. The van der Waals surface area contributed by atoms with Crippen LogP contribution in [0.4, 0.5) is 0 Å². The first-order valence-corrected chi connectivity index (χ1v) is 2.83. The Kier molecular flexibility index (Phi) is 1.85. The van der Waals surface area contributed by atoms with E-state index in [0.717, 1.165) is 0 Å². The van der Waals surface area contributed by atoms with Gasteiger partial charge in [0, 0.05) is 13.5 Å². The van der Waals surface area contributed by atoms with Crippen molar-refractivity contribution in [2.24, 2.45) is 0 Å². The standard InChI is InChI=1S/C6H9NO2/c1-9-5-3-2-4-7-6(5)8/h2,4-5H,3H2,1H3,(H,7,8). The number of hydrogen-bond acceptors (Lipinski definition) is 2. The summed E-state index contributed by atoms with van der Waals surface area (Å²) in [5.74, 6) is -0.0556. The molecule has 1 heterocycles. The van der Waals surface area contributed by atoms with Crippen LogP contribution in [0.3, 0.4) is 0 Å². The second-order valence-electron chi connectivity index (χ2n) is 1.87. The zero-order valence-corrected chi connectivity index (χ0v) is 5.26. The molecule has 0 aromatic rings. The highest BCUT2D eigenvalue weighted by molar-refractivity contribution is 5.82. The molecular weight excluding hydrogens is 118 g/mol. The molecule has 0 spiro atoms. The molecule has 0 saturated carbocycles. The van der Waals surface area contributed by atoms with Gasteiger partial charge in [0.25, 0.3) is 5.91 Å². The molecule has 1 atom stereocenters. The molecule has 1 amide bonds. The van der Waals surface area contributed by atoms with Crippen molar-refractivity contribution < 1.29 is 9.53 Å². The van der Waals surface area contributed by atoms with E-state index in [1.165, 1.54) is 7.11 Å². The molecule has 1 N–H and O–H groups in total. The van der Waals surface area contributed by atoms with Gasteiger partial charge in [-0.3, -0.25) is 4.79 Å². The molecule has 1 unspecified atom stereocenters. The molecule has 0 fully saturated rings. The molecule has 3 nitrogen and oxygen atoms in total. The third-order valence-electron chi connectivity index (χ3n) is 1.27. The summed E-state index contributed by atoms with van der Waals surface area (Å²) in [5, 5.41) is 2.54. The second kappa shape index (κ2) is 2.64. The van der Waals surface area contributed by atoms with Gasteiger partial charge in [0.2, 0.25) is 0 Å². The van der Waals surface area contributed by atoms with Crippen molar-refractivity contribution in [1.29, 1.82) is 0 Å². The third-order valence-corrected chi connectivity index (χ3v) is 1.27. The van der Waals surface area contributed by atoms with E-state index in [1.54, 1.807) is 6.20 Å². The van der Waals surface area contributed by atoms with Crippen LogP contribution in [0.5, 0.6) is 0 Å². The number of hydrogen-bond donors (Lipinski definition) is 1. The van der Waals surface area contributed by atoms with Crippen molar-refractivity contribution in [1.82, 2.24) is 5.32 Å². The SMILES string of the molecule is COC1CC=CNC1=O. The molecule has 3 heteroatoms. The quantitative estimate of drug-likeness (QED) is 0.540. The van der Waals surface area contributed by atoms with Crippen LogP contribution in [0, 0.1) is 0 Å². The molecule has 9 heavy (non-hydrogen) atoms. The smallest absolute Gasteiger partial charge is 0.253 e. The van der Waals surface area contributed by atoms with Gasteiger partial charge in [-0.2, -0.15) is 0 Å². The van der Waals surface area contributed by atoms with Crippen LogP contribution >= 0.6 is 0 Å². The van der Waals surface area contributed by atoms with Gasteiger partial charge in [0.1, 0.15) is 6.10 Å². The van der Waals surface area contributed by atoms with Gasteiger partial charge in [0.05, 0.1) is 0 Å². The van der Waals surface area contributed by atoms with Crippen LogP contribution < -0.4 is 5.32 Å². The second-order valence-corrected chi connectivity index (χ2v) is 1.87.